The Labute approximate surface area is 139 Å². The largest absolute Gasteiger partial charge is 0.487 e. The van der Waals surface area contributed by atoms with Gasteiger partial charge in [-0.3, -0.25) is 0 Å². The summed E-state index contributed by atoms with van der Waals surface area (Å²) in [5.41, 5.74) is -0.582. The van der Waals surface area contributed by atoms with Crippen LogP contribution in [-0.4, -0.2) is 36.3 Å². The van der Waals surface area contributed by atoms with Crippen molar-refractivity contribution in [1.29, 1.82) is 0 Å². The lowest BCUT2D eigenvalue weighted by molar-refractivity contribution is 0.0137. The fraction of sp³-hybridized carbons (Fsp3) is 0.588. The average molecular weight is 345 g/mol. The maximum Gasteiger partial charge on any atom is 0.410 e. The zero-order valence-corrected chi connectivity index (χ0v) is 14.1. The molecule has 0 spiro atoms. The van der Waals surface area contributed by atoms with Crippen molar-refractivity contribution in [2.45, 2.75) is 39.2 Å². The van der Waals surface area contributed by atoms with Gasteiger partial charge < -0.3 is 14.4 Å². The van der Waals surface area contributed by atoms with Crippen LogP contribution in [0.2, 0.25) is 0 Å². The quantitative estimate of drug-likeness (QED) is 0.827. The standard InChI is InChI=1S/C17H22F3NO3/c1-17(2,3)24-16(22)21-6-4-5-11(9-21)10-23-15-13(19)7-12(18)8-14(15)20/h7-8,11H,4-6,9-10H2,1-3H3. The van der Waals surface area contributed by atoms with E-state index < -0.39 is 34.9 Å². The van der Waals surface area contributed by atoms with Crippen molar-refractivity contribution in [1.82, 2.24) is 4.90 Å². The molecule has 0 saturated carbocycles. The summed E-state index contributed by atoms with van der Waals surface area (Å²) >= 11 is 0. The van der Waals surface area contributed by atoms with Gasteiger partial charge in [0.2, 0.25) is 0 Å². The van der Waals surface area contributed by atoms with E-state index in [0.717, 1.165) is 12.8 Å². The third kappa shape index (κ3) is 5.04. The smallest absolute Gasteiger partial charge is 0.410 e. The first-order chi connectivity index (χ1) is 11.2. The number of ether oxygens (including phenoxy) is 2. The SMILES string of the molecule is CC(C)(C)OC(=O)N1CCCC(COc2c(F)cc(F)cc2F)C1. The van der Waals surface area contributed by atoms with E-state index in [2.05, 4.69) is 0 Å². The Kier molecular flexibility index (Phi) is 5.62. The van der Waals surface area contributed by atoms with Crippen LogP contribution in [0, 0.1) is 23.4 Å². The zero-order chi connectivity index (χ0) is 17.9. The molecule has 1 unspecified atom stereocenters. The highest BCUT2D eigenvalue weighted by Gasteiger charge is 2.28. The molecule has 2 rings (SSSR count). The molecule has 0 aromatic heterocycles. The van der Waals surface area contributed by atoms with Gasteiger partial charge >= 0.3 is 6.09 Å². The van der Waals surface area contributed by atoms with Gasteiger partial charge in [-0.25, -0.2) is 18.0 Å². The second kappa shape index (κ2) is 7.32. The topological polar surface area (TPSA) is 38.8 Å². The molecule has 1 aromatic rings. The van der Waals surface area contributed by atoms with Gasteiger partial charge in [0.15, 0.2) is 17.4 Å². The first-order valence-electron chi connectivity index (χ1n) is 7.91. The van der Waals surface area contributed by atoms with Crippen molar-refractivity contribution in [3.63, 3.8) is 0 Å². The van der Waals surface area contributed by atoms with Crippen LogP contribution in [0.15, 0.2) is 12.1 Å². The zero-order valence-electron chi connectivity index (χ0n) is 14.1. The minimum atomic E-state index is -1.08. The number of hydrogen-bond acceptors (Lipinski definition) is 3. The van der Waals surface area contributed by atoms with Crippen molar-refractivity contribution in [2.24, 2.45) is 5.92 Å². The van der Waals surface area contributed by atoms with Gasteiger partial charge in [0.1, 0.15) is 11.4 Å². The van der Waals surface area contributed by atoms with Crippen molar-refractivity contribution in [2.75, 3.05) is 19.7 Å². The molecule has 1 heterocycles. The first-order valence-corrected chi connectivity index (χ1v) is 7.91. The van der Waals surface area contributed by atoms with Crippen LogP contribution in [0.5, 0.6) is 5.75 Å². The maximum atomic E-state index is 13.6. The lowest BCUT2D eigenvalue weighted by atomic mass is 9.99. The molecule has 134 valence electrons. The van der Waals surface area contributed by atoms with E-state index in [1.807, 2.05) is 0 Å². The van der Waals surface area contributed by atoms with Gasteiger partial charge in [0.25, 0.3) is 0 Å². The second-order valence-electron chi connectivity index (χ2n) is 6.94. The van der Waals surface area contributed by atoms with E-state index in [1.54, 1.807) is 25.7 Å². The highest BCUT2D eigenvalue weighted by atomic mass is 19.1. The number of hydrogen-bond donors (Lipinski definition) is 0. The van der Waals surface area contributed by atoms with Crippen LogP contribution in [0.1, 0.15) is 33.6 Å². The summed E-state index contributed by atoms with van der Waals surface area (Å²) < 4.78 is 50.5. The molecule has 1 aliphatic rings. The van der Waals surface area contributed by atoms with Gasteiger partial charge in [-0.2, -0.15) is 0 Å². The summed E-state index contributed by atoms with van der Waals surface area (Å²) in [7, 11) is 0. The molecule has 1 saturated heterocycles. The lowest BCUT2D eigenvalue weighted by Gasteiger charge is -2.34. The number of carbonyl (C=O) groups is 1. The van der Waals surface area contributed by atoms with Crippen LogP contribution < -0.4 is 4.74 Å². The Morgan fingerprint density at radius 1 is 1.25 bits per heavy atom. The molecule has 7 heteroatoms. The molecule has 24 heavy (non-hydrogen) atoms. The van der Waals surface area contributed by atoms with Gasteiger partial charge in [-0.15, -0.1) is 0 Å². The predicted octanol–water partition coefficient (Wildman–Crippen LogP) is 4.13. The number of carbonyl (C=O) groups excluding carboxylic acids is 1. The minimum absolute atomic E-state index is 0.0404. The number of halogens is 3. The van der Waals surface area contributed by atoms with Crippen LogP contribution in [-0.2, 0) is 4.74 Å². The van der Waals surface area contributed by atoms with Gasteiger partial charge in [-0.1, -0.05) is 0 Å². The molecule has 1 atom stereocenters. The summed E-state index contributed by atoms with van der Waals surface area (Å²) in [5.74, 6) is -3.81. The fourth-order valence-electron chi connectivity index (χ4n) is 2.56. The third-order valence-corrected chi connectivity index (χ3v) is 3.60. The molecular formula is C17H22F3NO3. The van der Waals surface area contributed by atoms with Crippen molar-refractivity contribution < 1.29 is 27.4 Å². The normalized spacial score (nSPS) is 18.4. The summed E-state index contributed by atoms with van der Waals surface area (Å²) in [6.07, 6.45) is 1.11. The Morgan fingerprint density at radius 3 is 2.46 bits per heavy atom. The summed E-state index contributed by atoms with van der Waals surface area (Å²) in [5, 5.41) is 0. The van der Waals surface area contributed by atoms with E-state index in [1.165, 1.54) is 0 Å². The Morgan fingerprint density at radius 2 is 1.88 bits per heavy atom. The van der Waals surface area contributed by atoms with E-state index in [-0.39, 0.29) is 12.5 Å². The van der Waals surface area contributed by atoms with Crippen molar-refractivity contribution in [3.05, 3.63) is 29.6 Å². The molecule has 1 aromatic carbocycles. The minimum Gasteiger partial charge on any atom is -0.487 e. The molecule has 1 aliphatic heterocycles. The molecule has 0 bridgehead atoms. The molecular weight excluding hydrogens is 323 g/mol. The van der Waals surface area contributed by atoms with E-state index >= 15 is 0 Å². The predicted molar refractivity (Wildman–Crippen MR) is 82.3 cm³/mol. The number of amides is 1. The molecule has 1 amide bonds. The number of benzene rings is 1. The summed E-state index contributed by atoms with van der Waals surface area (Å²) in [6, 6.07) is 1.15. The number of nitrogens with zero attached hydrogens (tertiary/aromatic N) is 1. The maximum absolute atomic E-state index is 13.6. The van der Waals surface area contributed by atoms with Crippen LogP contribution in [0.4, 0.5) is 18.0 Å². The fourth-order valence-corrected chi connectivity index (χ4v) is 2.56. The number of likely N-dealkylation sites (tertiary alicyclic amines) is 1. The van der Waals surface area contributed by atoms with E-state index in [4.69, 9.17) is 9.47 Å². The average Bonchev–Trinajstić information content (AvgIpc) is 2.44. The lowest BCUT2D eigenvalue weighted by Crippen LogP contribution is -2.44. The summed E-state index contributed by atoms with van der Waals surface area (Å²) in [6.45, 7) is 6.36. The van der Waals surface area contributed by atoms with E-state index in [9.17, 15) is 18.0 Å². The van der Waals surface area contributed by atoms with Crippen molar-refractivity contribution in [3.8, 4) is 5.75 Å². The molecule has 0 N–H and O–H groups in total. The van der Waals surface area contributed by atoms with Gasteiger partial charge in [0.05, 0.1) is 6.61 Å². The summed E-state index contributed by atoms with van der Waals surface area (Å²) in [4.78, 5) is 13.7. The molecule has 1 fully saturated rings. The van der Waals surface area contributed by atoms with Gasteiger partial charge in [0, 0.05) is 31.1 Å². The highest BCUT2D eigenvalue weighted by molar-refractivity contribution is 5.68. The molecule has 0 radical (unpaired) electrons. The Bertz CT molecular complexity index is 578. The highest BCUT2D eigenvalue weighted by Crippen LogP contribution is 2.25. The second-order valence-corrected chi connectivity index (χ2v) is 6.94. The number of piperidine rings is 1. The van der Waals surface area contributed by atoms with Crippen LogP contribution >= 0.6 is 0 Å². The van der Waals surface area contributed by atoms with Crippen molar-refractivity contribution >= 4 is 6.09 Å². The van der Waals surface area contributed by atoms with E-state index in [0.29, 0.717) is 25.2 Å². The monoisotopic (exact) mass is 345 g/mol. The van der Waals surface area contributed by atoms with Gasteiger partial charge in [-0.05, 0) is 33.6 Å². The third-order valence-electron chi connectivity index (χ3n) is 3.60. The molecule has 4 nitrogen and oxygen atoms in total. The van der Waals surface area contributed by atoms with Crippen LogP contribution in [0.3, 0.4) is 0 Å². The van der Waals surface area contributed by atoms with Crippen LogP contribution in [0.25, 0.3) is 0 Å². The first kappa shape index (κ1) is 18.4. The Hall–Kier alpha value is -1.92. The number of rotatable bonds is 3. The Balaban J connectivity index is 1.93. The molecule has 0 aliphatic carbocycles.